The monoisotopic (exact) mass is 176 g/mol. The largest absolute Gasteiger partial charge is 0.283 e. The topological polar surface area (TPSA) is 24.1 Å². The molecule has 3 heteroatoms. The van der Waals surface area contributed by atoms with Crippen molar-refractivity contribution in [3.05, 3.63) is 0 Å². The summed E-state index contributed by atoms with van der Waals surface area (Å²) in [6, 6.07) is 1.29. The molecular weight excluding hydrogens is 155 g/mol. The van der Waals surface area contributed by atoms with Crippen molar-refractivity contribution < 1.29 is 0 Å². The molecule has 0 spiro atoms. The first kappa shape index (κ1) is 11.4. The van der Waals surface area contributed by atoms with Gasteiger partial charge in [-0.1, -0.05) is 13.8 Å². The lowest BCUT2D eigenvalue weighted by atomic mass is 10.3. The molecule has 2 N–H and O–H groups in total. The van der Waals surface area contributed by atoms with Gasteiger partial charge >= 0.3 is 0 Å². The average molecular weight is 176 g/mol. The number of hydrogen-bond acceptors (Lipinski definition) is 2. The molecule has 0 aromatic heterocycles. The molecule has 0 amide bonds. The van der Waals surface area contributed by atoms with Gasteiger partial charge in [-0.25, -0.2) is 0 Å². The normalized spacial score (nSPS) is 17.5. The second kappa shape index (κ2) is 7.02. The van der Waals surface area contributed by atoms with Crippen molar-refractivity contribution in [2.24, 2.45) is 0 Å². The summed E-state index contributed by atoms with van der Waals surface area (Å²) in [6.45, 7) is 8.83. The first-order valence-electron chi connectivity index (χ1n) is 4.46. The van der Waals surface area contributed by atoms with E-state index >= 15 is 0 Å². The molecule has 0 rings (SSSR count). The highest BCUT2D eigenvalue weighted by atomic mass is 31.1. The zero-order valence-electron chi connectivity index (χ0n) is 8.07. The third-order valence-electron chi connectivity index (χ3n) is 1.86. The minimum atomic E-state index is 0.643. The van der Waals surface area contributed by atoms with Crippen molar-refractivity contribution in [2.45, 2.75) is 52.6 Å². The first-order valence-corrected chi connectivity index (χ1v) is 5.46. The Kier molecular flexibility index (Phi) is 7.25. The third kappa shape index (κ3) is 6.74. The van der Waals surface area contributed by atoms with Gasteiger partial charge in [0, 0.05) is 21.0 Å². The Balaban J connectivity index is 3.13. The number of hydrogen-bond donors (Lipinski definition) is 2. The van der Waals surface area contributed by atoms with Crippen molar-refractivity contribution in [3.63, 3.8) is 0 Å². The SMILES string of the molecule is CCC(C)NPNC(C)CC. The van der Waals surface area contributed by atoms with E-state index in [4.69, 9.17) is 0 Å². The zero-order chi connectivity index (χ0) is 8.69. The Bertz CT molecular complexity index is 78.2. The molecule has 0 fully saturated rings. The maximum Gasteiger partial charge on any atom is 0.0188 e. The number of nitrogens with one attached hydrogen (secondary N) is 2. The van der Waals surface area contributed by atoms with E-state index < -0.39 is 0 Å². The van der Waals surface area contributed by atoms with Gasteiger partial charge in [-0.15, -0.1) is 0 Å². The van der Waals surface area contributed by atoms with Crippen LogP contribution in [0.4, 0.5) is 0 Å². The molecule has 11 heavy (non-hydrogen) atoms. The lowest BCUT2D eigenvalue weighted by Crippen LogP contribution is -2.25. The van der Waals surface area contributed by atoms with Crippen molar-refractivity contribution in [3.8, 4) is 0 Å². The van der Waals surface area contributed by atoms with Crippen LogP contribution in [-0.4, -0.2) is 12.1 Å². The van der Waals surface area contributed by atoms with Gasteiger partial charge in [0.05, 0.1) is 0 Å². The predicted molar refractivity (Wildman–Crippen MR) is 54.1 cm³/mol. The van der Waals surface area contributed by atoms with E-state index in [-0.39, 0.29) is 0 Å². The van der Waals surface area contributed by atoms with E-state index in [9.17, 15) is 0 Å². The Morgan fingerprint density at radius 1 is 1.00 bits per heavy atom. The van der Waals surface area contributed by atoms with Crippen LogP contribution in [0.2, 0.25) is 0 Å². The van der Waals surface area contributed by atoms with Crippen molar-refractivity contribution in [2.75, 3.05) is 0 Å². The fraction of sp³-hybridized carbons (Fsp3) is 1.00. The van der Waals surface area contributed by atoms with Gasteiger partial charge in [-0.3, -0.25) is 10.2 Å². The van der Waals surface area contributed by atoms with E-state index in [1.54, 1.807) is 0 Å². The standard InChI is InChI=1S/C8H21N2P/c1-5-7(3)9-11-10-8(4)6-2/h7-11H,5-6H2,1-4H3. The molecule has 0 saturated carbocycles. The molecule has 0 aromatic rings. The Hall–Kier alpha value is 0.350. The summed E-state index contributed by atoms with van der Waals surface area (Å²) in [5, 5.41) is 6.83. The fourth-order valence-electron chi connectivity index (χ4n) is 0.492. The summed E-state index contributed by atoms with van der Waals surface area (Å²) in [5.41, 5.74) is 0. The lowest BCUT2D eigenvalue weighted by molar-refractivity contribution is 0.633. The quantitative estimate of drug-likeness (QED) is 0.607. The second-order valence-electron chi connectivity index (χ2n) is 3.03. The highest BCUT2D eigenvalue weighted by Gasteiger charge is 1.98. The predicted octanol–water partition coefficient (Wildman–Crippen LogP) is 2.27. The zero-order valence-corrected chi connectivity index (χ0v) is 9.07. The van der Waals surface area contributed by atoms with Gasteiger partial charge in [0.2, 0.25) is 0 Å². The molecule has 0 saturated heterocycles. The highest BCUT2D eigenvalue weighted by Crippen LogP contribution is 2.04. The Morgan fingerprint density at radius 2 is 1.36 bits per heavy atom. The smallest absolute Gasteiger partial charge is 0.0188 e. The molecule has 2 unspecified atom stereocenters. The molecule has 0 aliphatic rings. The number of rotatable bonds is 6. The van der Waals surface area contributed by atoms with E-state index in [0.29, 0.717) is 21.0 Å². The van der Waals surface area contributed by atoms with Crippen LogP contribution in [0.1, 0.15) is 40.5 Å². The summed E-state index contributed by atoms with van der Waals surface area (Å²) < 4.78 is 0. The molecule has 0 heterocycles. The molecule has 2 atom stereocenters. The van der Waals surface area contributed by atoms with Crippen LogP contribution in [0.5, 0.6) is 0 Å². The summed E-state index contributed by atoms with van der Waals surface area (Å²) >= 11 is 0. The molecular formula is C8H21N2P. The van der Waals surface area contributed by atoms with E-state index in [1.165, 1.54) is 12.8 Å². The van der Waals surface area contributed by atoms with Gasteiger partial charge < -0.3 is 0 Å². The van der Waals surface area contributed by atoms with Gasteiger partial charge in [-0.05, 0) is 26.7 Å². The van der Waals surface area contributed by atoms with Crippen LogP contribution >= 0.6 is 8.88 Å². The maximum absolute atomic E-state index is 3.41. The van der Waals surface area contributed by atoms with Crippen LogP contribution in [0.15, 0.2) is 0 Å². The van der Waals surface area contributed by atoms with Crippen LogP contribution in [0, 0.1) is 0 Å². The maximum atomic E-state index is 3.41. The summed E-state index contributed by atoms with van der Waals surface area (Å²) in [5.74, 6) is 0. The van der Waals surface area contributed by atoms with Gasteiger partial charge in [0.15, 0.2) is 0 Å². The average Bonchev–Trinajstić information content (AvgIpc) is 2.04. The molecule has 0 radical (unpaired) electrons. The summed E-state index contributed by atoms with van der Waals surface area (Å²) in [4.78, 5) is 0. The second-order valence-corrected chi connectivity index (χ2v) is 3.86. The van der Waals surface area contributed by atoms with Crippen LogP contribution in [-0.2, 0) is 0 Å². The minimum absolute atomic E-state index is 0.643. The molecule has 0 bridgehead atoms. The van der Waals surface area contributed by atoms with Crippen LogP contribution < -0.4 is 10.2 Å². The summed E-state index contributed by atoms with van der Waals surface area (Å²) in [6.07, 6.45) is 2.41. The van der Waals surface area contributed by atoms with E-state index in [0.717, 1.165) is 0 Å². The molecule has 0 aliphatic heterocycles. The molecule has 0 aromatic carbocycles. The highest BCUT2D eigenvalue weighted by molar-refractivity contribution is 7.33. The van der Waals surface area contributed by atoms with Crippen molar-refractivity contribution >= 4 is 8.88 Å². The Morgan fingerprint density at radius 3 is 1.64 bits per heavy atom. The molecule has 2 nitrogen and oxygen atoms in total. The van der Waals surface area contributed by atoms with Crippen molar-refractivity contribution in [1.82, 2.24) is 10.2 Å². The summed E-state index contributed by atoms with van der Waals surface area (Å²) in [7, 11) is 0.707. The lowest BCUT2D eigenvalue weighted by Gasteiger charge is -2.15. The fourth-order valence-corrected chi connectivity index (χ4v) is 1.48. The van der Waals surface area contributed by atoms with E-state index in [2.05, 4.69) is 37.9 Å². The van der Waals surface area contributed by atoms with Gasteiger partial charge in [-0.2, -0.15) is 0 Å². The first-order chi connectivity index (χ1) is 5.20. The van der Waals surface area contributed by atoms with Gasteiger partial charge in [0.1, 0.15) is 0 Å². The van der Waals surface area contributed by atoms with Crippen molar-refractivity contribution in [1.29, 1.82) is 0 Å². The van der Waals surface area contributed by atoms with Crippen LogP contribution in [0.3, 0.4) is 0 Å². The third-order valence-corrected chi connectivity index (χ3v) is 3.14. The van der Waals surface area contributed by atoms with Gasteiger partial charge in [0.25, 0.3) is 0 Å². The Labute approximate surface area is 72.4 Å². The molecule has 0 aliphatic carbocycles. The molecule has 68 valence electrons. The minimum Gasteiger partial charge on any atom is -0.283 e. The van der Waals surface area contributed by atoms with E-state index in [1.807, 2.05) is 0 Å². The van der Waals surface area contributed by atoms with Crippen LogP contribution in [0.25, 0.3) is 0 Å².